The fourth-order valence-electron chi connectivity index (χ4n) is 2.86. The highest BCUT2D eigenvalue weighted by Gasteiger charge is 2.27. The molecule has 0 saturated heterocycles. The van der Waals surface area contributed by atoms with Crippen molar-refractivity contribution in [1.82, 2.24) is 5.32 Å². The number of benzene rings is 1. The molecule has 0 aliphatic heterocycles. The molecule has 1 aliphatic rings. The van der Waals surface area contributed by atoms with Gasteiger partial charge in [-0.3, -0.25) is 4.79 Å². The molecule has 3 heteroatoms. The van der Waals surface area contributed by atoms with Crippen LogP contribution in [0.25, 0.3) is 0 Å². The Morgan fingerprint density at radius 2 is 2.16 bits per heavy atom. The van der Waals surface area contributed by atoms with Gasteiger partial charge in [-0.1, -0.05) is 43.5 Å². The number of carbonyl (C=O) groups is 1. The first-order valence-corrected chi connectivity index (χ1v) is 7.57. The Labute approximate surface area is 120 Å². The lowest BCUT2D eigenvalue weighted by atomic mass is 9.80. The molecule has 1 aromatic rings. The molecular weight excluding hydrogens is 258 g/mol. The van der Waals surface area contributed by atoms with Crippen molar-refractivity contribution in [2.75, 3.05) is 6.54 Å². The third-order valence-corrected chi connectivity index (χ3v) is 4.29. The molecule has 104 valence electrons. The van der Waals surface area contributed by atoms with E-state index in [-0.39, 0.29) is 11.8 Å². The van der Waals surface area contributed by atoms with Gasteiger partial charge in [-0.25, -0.2) is 0 Å². The van der Waals surface area contributed by atoms with Crippen molar-refractivity contribution < 1.29 is 4.79 Å². The lowest BCUT2D eigenvalue weighted by molar-refractivity contribution is -0.127. The Bertz CT molecular complexity index is 433. The molecule has 1 fully saturated rings. The molecule has 2 rings (SSSR count). The van der Waals surface area contributed by atoms with E-state index < -0.39 is 0 Å². The van der Waals surface area contributed by atoms with Crippen LogP contribution < -0.4 is 5.32 Å². The highest BCUT2D eigenvalue weighted by molar-refractivity contribution is 6.30. The normalized spacial score (nSPS) is 23.1. The summed E-state index contributed by atoms with van der Waals surface area (Å²) >= 11 is 5.94. The minimum absolute atomic E-state index is 0.216. The zero-order chi connectivity index (χ0) is 13.7. The van der Waals surface area contributed by atoms with Gasteiger partial charge in [-0.2, -0.15) is 0 Å². The van der Waals surface area contributed by atoms with Crippen LogP contribution in [0.1, 0.15) is 38.2 Å². The van der Waals surface area contributed by atoms with Crippen LogP contribution in [0.15, 0.2) is 24.3 Å². The fraction of sp³-hybridized carbons (Fsp3) is 0.562. The summed E-state index contributed by atoms with van der Waals surface area (Å²) in [5, 5.41) is 3.82. The molecule has 1 N–H and O–H groups in total. The fourth-order valence-corrected chi connectivity index (χ4v) is 3.07. The van der Waals surface area contributed by atoms with E-state index in [0.717, 1.165) is 17.9 Å². The third kappa shape index (κ3) is 4.24. The quantitative estimate of drug-likeness (QED) is 0.892. The van der Waals surface area contributed by atoms with Gasteiger partial charge in [0, 0.05) is 17.5 Å². The molecule has 2 unspecified atom stereocenters. The Hall–Kier alpha value is -1.02. The first kappa shape index (κ1) is 14.4. The number of hydrogen-bond donors (Lipinski definition) is 1. The van der Waals surface area contributed by atoms with E-state index >= 15 is 0 Å². The number of carbonyl (C=O) groups excluding carboxylic acids is 1. The summed E-state index contributed by atoms with van der Waals surface area (Å²) in [6, 6.07) is 7.81. The molecular formula is C16H22ClNO. The van der Waals surface area contributed by atoms with E-state index in [1.54, 1.807) is 0 Å². The van der Waals surface area contributed by atoms with Gasteiger partial charge in [0.15, 0.2) is 0 Å². The Morgan fingerprint density at radius 1 is 1.37 bits per heavy atom. The first-order valence-electron chi connectivity index (χ1n) is 7.19. The summed E-state index contributed by atoms with van der Waals surface area (Å²) in [5.41, 5.74) is 1.17. The predicted molar refractivity (Wildman–Crippen MR) is 79.3 cm³/mol. The van der Waals surface area contributed by atoms with Gasteiger partial charge in [0.05, 0.1) is 0 Å². The van der Waals surface area contributed by atoms with Crippen molar-refractivity contribution in [3.8, 4) is 0 Å². The molecule has 2 atom stereocenters. The summed E-state index contributed by atoms with van der Waals surface area (Å²) < 4.78 is 0. The number of hydrogen-bond acceptors (Lipinski definition) is 1. The van der Waals surface area contributed by atoms with Gasteiger partial charge in [0.2, 0.25) is 5.91 Å². The largest absolute Gasteiger partial charge is 0.356 e. The van der Waals surface area contributed by atoms with Crippen molar-refractivity contribution in [2.24, 2.45) is 11.8 Å². The maximum atomic E-state index is 12.1. The maximum absolute atomic E-state index is 12.1. The molecule has 1 aromatic carbocycles. The summed E-state index contributed by atoms with van der Waals surface area (Å²) in [7, 11) is 0. The lowest BCUT2D eigenvalue weighted by Gasteiger charge is -2.27. The van der Waals surface area contributed by atoms with Crippen LogP contribution in [0.3, 0.4) is 0 Å². The number of rotatable bonds is 4. The van der Waals surface area contributed by atoms with Crippen molar-refractivity contribution in [3.05, 3.63) is 34.9 Å². The van der Waals surface area contributed by atoms with E-state index in [4.69, 9.17) is 11.6 Å². The van der Waals surface area contributed by atoms with Crippen LogP contribution in [-0.2, 0) is 11.2 Å². The second kappa shape index (κ2) is 6.95. The zero-order valence-corrected chi connectivity index (χ0v) is 12.2. The van der Waals surface area contributed by atoms with Crippen molar-refractivity contribution in [1.29, 1.82) is 0 Å². The topological polar surface area (TPSA) is 29.1 Å². The molecule has 0 bridgehead atoms. The van der Waals surface area contributed by atoms with Crippen LogP contribution in [0.2, 0.25) is 5.02 Å². The molecule has 1 saturated carbocycles. The molecule has 0 radical (unpaired) electrons. The first-order chi connectivity index (χ1) is 9.16. The van der Waals surface area contributed by atoms with E-state index in [0.29, 0.717) is 12.5 Å². The second-order valence-electron chi connectivity index (χ2n) is 5.54. The van der Waals surface area contributed by atoms with Gasteiger partial charge < -0.3 is 5.32 Å². The second-order valence-corrected chi connectivity index (χ2v) is 5.98. The molecule has 1 amide bonds. The van der Waals surface area contributed by atoms with E-state index in [1.165, 1.54) is 24.8 Å². The lowest BCUT2D eigenvalue weighted by Crippen LogP contribution is -2.36. The van der Waals surface area contributed by atoms with Crippen LogP contribution in [-0.4, -0.2) is 12.5 Å². The van der Waals surface area contributed by atoms with E-state index in [2.05, 4.69) is 12.2 Å². The van der Waals surface area contributed by atoms with Gasteiger partial charge >= 0.3 is 0 Å². The molecule has 1 aliphatic carbocycles. The SMILES string of the molecule is CC1CCCCC1C(=O)NCCc1cccc(Cl)c1. The van der Waals surface area contributed by atoms with Crippen LogP contribution in [0.4, 0.5) is 0 Å². The Balaban J connectivity index is 1.77. The Morgan fingerprint density at radius 3 is 2.89 bits per heavy atom. The highest BCUT2D eigenvalue weighted by Crippen LogP contribution is 2.29. The van der Waals surface area contributed by atoms with Gasteiger partial charge in [-0.15, -0.1) is 0 Å². The summed E-state index contributed by atoms with van der Waals surface area (Å²) in [6.45, 7) is 2.89. The van der Waals surface area contributed by atoms with Gasteiger partial charge in [0.25, 0.3) is 0 Å². The van der Waals surface area contributed by atoms with Crippen molar-refractivity contribution >= 4 is 17.5 Å². The number of amides is 1. The molecule has 0 aromatic heterocycles. The molecule has 2 nitrogen and oxygen atoms in total. The van der Waals surface area contributed by atoms with Crippen LogP contribution in [0, 0.1) is 11.8 Å². The zero-order valence-electron chi connectivity index (χ0n) is 11.5. The molecule has 0 heterocycles. The summed E-state index contributed by atoms with van der Waals surface area (Å²) in [4.78, 5) is 12.1. The maximum Gasteiger partial charge on any atom is 0.223 e. The average Bonchev–Trinajstić information content (AvgIpc) is 2.39. The Kier molecular flexibility index (Phi) is 5.26. The van der Waals surface area contributed by atoms with E-state index in [1.807, 2.05) is 24.3 Å². The predicted octanol–water partition coefficient (Wildman–Crippen LogP) is 3.83. The van der Waals surface area contributed by atoms with Gasteiger partial charge in [0.1, 0.15) is 0 Å². The smallest absolute Gasteiger partial charge is 0.223 e. The van der Waals surface area contributed by atoms with Gasteiger partial charge in [-0.05, 0) is 42.9 Å². The average molecular weight is 280 g/mol. The molecule has 0 spiro atoms. The third-order valence-electron chi connectivity index (χ3n) is 4.05. The van der Waals surface area contributed by atoms with E-state index in [9.17, 15) is 4.79 Å². The van der Waals surface area contributed by atoms with Crippen LogP contribution >= 0.6 is 11.6 Å². The van der Waals surface area contributed by atoms with Crippen molar-refractivity contribution in [2.45, 2.75) is 39.0 Å². The van der Waals surface area contributed by atoms with Crippen molar-refractivity contribution in [3.63, 3.8) is 0 Å². The monoisotopic (exact) mass is 279 g/mol. The van der Waals surface area contributed by atoms with Crippen LogP contribution in [0.5, 0.6) is 0 Å². The highest BCUT2D eigenvalue weighted by atomic mass is 35.5. The number of nitrogens with one attached hydrogen (secondary N) is 1. The standard InChI is InChI=1S/C16H22ClNO/c1-12-5-2-3-8-15(12)16(19)18-10-9-13-6-4-7-14(17)11-13/h4,6-7,11-12,15H,2-3,5,8-10H2,1H3,(H,18,19). The number of halogens is 1. The summed E-state index contributed by atoms with van der Waals surface area (Å²) in [6.07, 6.45) is 5.54. The molecule has 19 heavy (non-hydrogen) atoms. The minimum atomic E-state index is 0.216. The summed E-state index contributed by atoms with van der Waals surface area (Å²) in [5.74, 6) is 0.974. The minimum Gasteiger partial charge on any atom is -0.356 e.